The predicted molar refractivity (Wildman–Crippen MR) is 124 cm³/mol. The molecule has 0 atom stereocenters. The predicted octanol–water partition coefficient (Wildman–Crippen LogP) is 5.68. The van der Waals surface area contributed by atoms with Crippen molar-refractivity contribution in [2.24, 2.45) is 4.99 Å². The second-order valence-electron chi connectivity index (χ2n) is 7.76. The molecule has 4 heteroatoms. The fourth-order valence-electron chi connectivity index (χ4n) is 3.76. The number of hydrogen-bond donors (Lipinski definition) is 1. The lowest BCUT2D eigenvalue weighted by Crippen LogP contribution is -2.21. The van der Waals surface area contributed by atoms with Gasteiger partial charge >= 0.3 is 0 Å². The molecular formula is C26H24N2O2. The van der Waals surface area contributed by atoms with E-state index in [9.17, 15) is 9.90 Å². The van der Waals surface area contributed by atoms with E-state index < -0.39 is 0 Å². The highest BCUT2D eigenvalue weighted by molar-refractivity contribution is 6.02. The van der Waals surface area contributed by atoms with Crippen LogP contribution in [0, 0.1) is 27.7 Å². The van der Waals surface area contributed by atoms with Crippen LogP contribution in [0.25, 0.3) is 16.5 Å². The SMILES string of the molecule is Cc1ccc(-n2c(O)c(C=Nc3cc(C)ccc3C)c3ccccc3c2=O)c(C)c1. The van der Waals surface area contributed by atoms with Gasteiger partial charge in [-0.15, -0.1) is 0 Å². The molecule has 1 N–H and O–H groups in total. The Kier molecular flexibility index (Phi) is 5.00. The Morgan fingerprint density at radius 3 is 2.23 bits per heavy atom. The largest absolute Gasteiger partial charge is 0.494 e. The third-order valence-corrected chi connectivity index (χ3v) is 5.39. The van der Waals surface area contributed by atoms with Gasteiger partial charge in [-0.1, -0.05) is 48.0 Å². The smallest absolute Gasteiger partial charge is 0.265 e. The van der Waals surface area contributed by atoms with Crippen molar-refractivity contribution >= 4 is 22.7 Å². The summed E-state index contributed by atoms with van der Waals surface area (Å²) >= 11 is 0. The molecular weight excluding hydrogens is 372 g/mol. The van der Waals surface area contributed by atoms with Crippen LogP contribution < -0.4 is 5.56 Å². The number of aromatic hydroxyl groups is 1. The molecule has 1 heterocycles. The van der Waals surface area contributed by atoms with Crippen LogP contribution in [0.2, 0.25) is 0 Å². The van der Waals surface area contributed by atoms with E-state index in [0.29, 0.717) is 22.0 Å². The van der Waals surface area contributed by atoms with Crippen LogP contribution in [0.1, 0.15) is 27.8 Å². The fraction of sp³-hybridized carbons (Fsp3) is 0.154. The maximum absolute atomic E-state index is 13.3. The summed E-state index contributed by atoms with van der Waals surface area (Å²) in [6, 6.07) is 19.2. The van der Waals surface area contributed by atoms with Crippen LogP contribution in [-0.4, -0.2) is 15.9 Å². The Balaban J connectivity index is 2.01. The number of pyridine rings is 1. The summed E-state index contributed by atoms with van der Waals surface area (Å²) in [6.45, 7) is 7.96. The van der Waals surface area contributed by atoms with E-state index in [-0.39, 0.29) is 11.4 Å². The maximum atomic E-state index is 13.3. The van der Waals surface area contributed by atoms with Gasteiger partial charge in [0, 0.05) is 17.0 Å². The van der Waals surface area contributed by atoms with Crippen LogP contribution in [0.3, 0.4) is 0 Å². The van der Waals surface area contributed by atoms with Crippen molar-refractivity contribution in [1.29, 1.82) is 0 Å². The van der Waals surface area contributed by atoms with Gasteiger partial charge in [0.1, 0.15) is 0 Å². The van der Waals surface area contributed by atoms with Gasteiger partial charge in [0.25, 0.3) is 5.56 Å². The number of aliphatic imine (C=N–C) groups is 1. The molecule has 0 bridgehead atoms. The minimum atomic E-state index is -0.251. The second kappa shape index (κ2) is 7.64. The van der Waals surface area contributed by atoms with E-state index in [4.69, 9.17) is 0 Å². The summed E-state index contributed by atoms with van der Waals surface area (Å²) in [4.78, 5) is 17.9. The molecule has 0 saturated heterocycles. The normalized spacial score (nSPS) is 11.5. The lowest BCUT2D eigenvalue weighted by Gasteiger charge is -2.16. The molecule has 0 fully saturated rings. The monoisotopic (exact) mass is 396 g/mol. The number of rotatable bonds is 3. The van der Waals surface area contributed by atoms with Gasteiger partial charge in [-0.3, -0.25) is 9.79 Å². The van der Waals surface area contributed by atoms with Gasteiger partial charge in [-0.25, -0.2) is 4.57 Å². The molecule has 30 heavy (non-hydrogen) atoms. The number of aryl methyl sites for hydroxylation is 4. The zero-order valence-corrected chi connectivity index (χ0v) is 17.6. The van der Waals surface area contributed by atoms with Crippen LogP contribution >= 0.6 is 0 Å². The van der Waals surface area contributed by atoms with Gasteiger partial charge in [-0.2, -0.15) is 0 Å². The van der Waals surface area contributed by atoms with Gasteiger partial charge in [-0.05, 0) is 62.6 Å². The zero-order chi connectivity index (χ0) is 21.4. The van der Waals surface area contributed by atoms with Crippen LogP contribution in [-0.2, 0) is 0 Å². The molecule has 0 aliphatic rings. The molecule has 0 spiro atoms. The van der Waals surface area contributed by atoms with Crippen molar-refractivity contribution in [3.8, 4) is 11.6 Å². The van der Waals surface area contributed by atoms with E-state index in [1.807, 2.05) is 82.3 Å². The number of nitrogens with zero attached hydrogens (tertiary/aromatic N) is 2. The number of aromatic nitrogens is 1. The van der Waals surface area contributed by atoms with E-state index in [1.54, 1.807) is 12.3 Å². The summed E-state index contributed by atoms with van der Waals surface area (Å²) < 4.78 is 1.38. The van der Waals surface area contributed by atoms with E-state index in [0.717, 1.165) is 27.9 Å². The Morgan fingerprint density at radius 2 is 1.50 bits per heavy atom. The van der Waals surface area contributed by atoms with Crippen molar-refractivity contribution in [3.63, 3.8) is 0 Å². The summed E-state index contributed by atoms with van der Waals surface area (Å²) in [5.41, 5.74) is 5.94. The van der Waals surface area contributed by atoms with Crippen molar-refractivity contribution in [3.05, 3.63) is 98.8 Å². The second-order valence-corrected chi connectivity index (χ2v) is 7.76. The Bertz CT molecular complexity index is 1360. The molecule has 4 rings (SSSR count). The van der Waals surface area contributed by atoms with Gasteiger partial charge in [0.15, 0.2) is 0 Å². The van der Waals surface area contributed by atoms with Crippen LogP contribution in [0.15, 0.2) is 70.5 Å². The molecule has 4 nitrogen and oxygen atoms in total. The minimum absolute atomic E-state index is 0.111. The van der Waals surface area contributed by atoms with E-state index in [2.05, 4.69) is 4.99 Å². The quantitative estimate of drug-likeness (QED) is 0.453. The molecule has 0 aliphatic carbocycles. The average Bonchev–Trinajstić information content (AvgIpc) is 2.72. The Hall–Kier alpha value is -3.66. The number of fused-ring (bicyclic) bond motifs is 1. The van der Waals surface area contributed by atoms with Crippen LogP contribution in [0.4, 0.5) is 5.69 Å². The van der Waals surface area contributed by atoms with Crippen molar-refractivity contribution in [2.45, 2.75) is 27.7 Å². The Labute approximate surface area is 175 Å². The minimum Gasteiger partial charge on any atom is -0.494 e. The summed E-state index contributed by atoms with van der Waals surface area (Å²) in [6.07, 6.45) is 1.65. The third-order valence-electron chi connectivity index (χ3n) is 5.39. The molecule has 1 aromatic heterocycles. The highest BCUT2D eigenvalue weighted by Gasteiger charge is 2.17. The average molecular weight is 396 g/mol. The first-order valence-corrected chi connectivity index (χ1v) is 9.92. The lowest BCUT2D eigenvalue weighted by atomic mass is 10.1. The summed E-state index contributed by atoms with van der Waals surface area (Å²) in [7, 11) is 0. The molecule has 0 aliphatic heterocycles. The van der Waals surface area contributed by atoms with E-state index in [1.165, 1.54) is 4.57 Å². The first kappa shape index (κ1) is 19.6. The molecule has 0 radical (unpaired) electrons. The highest BCUT2D eigenvalue weighted by atomic mass is 16.3. The Morgan fingerprint density at radius 1 is 0.833 bits per heavy atom. The topological polar surface area (TPSA) is 54.6 Å². The van der Waals surface area contributed by atoms with Gasteiger partial charge < -0.3 is 5.11 Å². The summed E-state index contributed by atoms with van der Waals surface area (Å²) in [5.74, 6) is -0.111. The molecule has 0 unspecified atom stereocenters. The third kappa shape index (κ3) is 3.41. The first-order chi connectivity index (χ1) is 14.4. The van der Waals surface area contributed by atoms with Crippen molar-refractivity contribution < 1.29 is 5.11 Å². The standard InChI is InChI=1S/C26H24N2O2/c1-16-10-12-24(19(4)13-16)28-25(29)21-8-6-5-7-20(21)22(26(28)30)15-27-23-14-17(2)9-11-18(23)3/h5-15,30H,1-4H3. The molecule has 0 amide bonds. The van der Waals surface area contributed by atoms with Crippen molar-refractivity contribution in [2.75, 3.05) is 0 Å². The van der Waals surface area contributed by atoms with Gasteiger partial charge in [0.05, 0.1) is 16.9 Å². The number of benzene rings is 3. The van der Waals surface area contributed by atoms with E-state index >= 15 is 0 Å². The molecule has 4 aromatic rings. The highest BCUT2D eigenvalue weighted by Crippen LogP contribution is 2.28. The lowest BCUT2D eigenvalue weighted by molar-refractivity contribution is 0.436. The van der Waals surface area contributed by atoms with Crippen LogP contribution in [0.5, 0.6) is 5.88 Å². The number of hydrogen-bond acceptors (Lipinski definition) is 3. The molecule has 0 saturated carbocycles. The fourth-order valence-corrected chi connectivity index (χ4v) is 3.76. The van der Waals surface area contributed by atoms with Gasteiger partial charge in [0.2, 0.25) is 5.88 Å². The maximum Gasteiger partial charge on any atom is 0.265 e. The zero-order valence-electron chi connectivity index (χ0n) is 17.6. The summed E-state index contributed by atoms with van der Waals surface area (Å²) in [5, 5.41) is 12.4. The molecule has 3 aromatic carbocycles. The first-order valence-electron chi connectivity index (χ1n) is 9.92. The van der Waals surface area contributed by atoms with Crippen molar-refractivity contribution in [1.82, 2.24) is 4.57 Å². The molecule has 150 valence electrons.